The van der Waals surface area contributed by atoms with E-state index >= 15 is 0 Å². The summed E-state index contributed by atoms with van der Waals surface area (Å²) < 4.78 is 20.1. The summed E-state index contributed by atoms with van der Waals surface area (Å²) in [4.78, 5) is 16.6. The van der Waals surface area contributed by atoms with Crippen molar-refractivity contribution in [1.29, 1.82) is 0 Å². The van der Waals surface area contributed by atoms with Crippen LogP contribution in [0.25, 0.3) is 0 Å². The Labute approximate surface area is 136 Å². The second kappa shape index (κ2) is 5.81. The number of halogens is 2. The minimum absolute atomic E-state index is 0.106. The van der Waals surface area contributed by atoms with Gasteiger partial charge in [0.25, 0.3) is 0 Å². The van der Waals surface area contributed by atoms with Crippen LogP contribution in [0.2, 0.25) is 5.02 Å². The van der Waals surface area contributed by atoms with Crippen LogP contribution in [0.5, 0.6) is 5.75 Å². The van der Waals surface area contributed by atoms with Crippen LogP contribution < -0.4 is 10.3 Å². The Kier molecular flexibility index (Phi) is 3.97. The number of fused-ring (bicyclic) bond motifs is 1. The monoisotopic (exact) mass is 337 g/mol. The normalized spacial score (nSPS) is 20.7. The zero-order valence-electron chi connectivity index (χ0n) is 12.0. The second-order valence-corrected chi connectivity index (χ2v) is 5.49. The fraction of sp³-hybridized carbons (Fsp3) is 0.188. The van der Waals surface area contributed by atoms with Gasteiger partial charge < -0.3 is 14.7 Å². The number of carboxylic acids is 1. The number of carbonyl (C=O) groups is 1. The maximum absolute atomic E-state index is 14.4. The molecule has 120 valence electrons. The summed E-state index contributed by atoms with van der Waals surface area (Å²) >= 11 is 6.09. The van der Waals surface area contributed by atoms with E-state index in [1.807, 2.05) is 0 Å². The number of para-hydroxylation sites is 1. The number of hydrogen-bond acceptors (Lipinski definition) is 4. The third kappa shape index (κ3) is 2.55. The first-order chi connectivity index (χ1) is 11.0. The van der Waals surface area contributed by atoms with Gasteiger partial charge in [0.2, 0.25) is 5.72 Å². The van der Waals surface area contributed by atoms with Crippen LogP contribution in [0, 0.1) is 5.82 Å². The molecule has 7 heteroatoms. The van der Waals surface area contributed by atoms with Gasteiger partial charge in [0.15, 0.2) is 11.9 Å². The second-order valence-electron chi connectivity index (χ2n) is 5.08. The minimum atomic E-state index is -1.61. The minimum Gasteiger partial charge on any atom is -0.479 e. The molecule has 1 aliphatic heterocycles. The van der Waals surface area contributed by atoms with E-state index in [1.54, 1.807) is 24.3 Å². The standard InChI is InChI=1S/C16H13ClFNO4/c1-9(15(20)21)22-16(10-5-2-3-8-13(10)18)11-6-4-7-12(17)14(11)23-19-16/h2-9,19H,1H3,(H,20,21). The molecule has 0 spiro atoms. The lowest BCUT2D eigenvalue weighted by atomic mass is 9.94. The van der Waals surface area contributed by atoms with Gasteiger partial charge in [-0.2, -0.15) is 0 Å². The zero-order chi connectivity index (χ0) is 16.6. The Balaban J connectivity index is 2.20. The van der Waals surface area contributed by atoms with Gasteiger partial charge in [0, 0.05) is 5.56 Å². The third-order valence-corrected chi connectivity index (χ3v) is 3.90. The molecule has 2 unspecified atom stereocenters. The molecule has 2 N–H and O–H groups in total. The molecule has 0 aromatic heterocycles. The highest BCUT2D eigenvalue weighted by molar-refractivity contribution is 6.32. The molecule has 5 nitrogen and oxygen atoms in total. The smallest absolute Gasteiger partial charge is 0.332 e. The summed E-state index contributed by atoms with van der Waals surface area (Å²) in [6.07, 6.45) is -1.21. The van der Waals surface area contributed by atoms with Crippen LogP contribution in [0.3, 0.4) is 0 Å². The molecule has 2 aromatic carbocycles. The molecular formula is C16H13ClFNO4. The Morgan fingerprint density at radius 2 is 2.00 bits per heavy atom. The number of benzene rings is 2. The van der Waals surface area contributed by atoms with Gasteiger partial charge >= 0.3 is 5.97 Å². The van der Waals surface area contributed by atoms with Crippen molar-refractivity contribution in [2.24, 2.45) is 0 Å². The number of ether oxygens (including phenoxy) is 1. The molecule has 1 aliphatic rings. The highest BCUT2D eigenvalue weighted by Crippen LogP contribution is 2.45. The number of aliphatic carboxylic acids is 1. The van der Waals surface area contributed by atoms with Gasteiger partial charge in [-0.25, -0.2) is 9.18 Å². The Hall–Kier alpha value is -2.15. The number of hydroxylamine groups is 1. The van der Waals surface area contributed by atoms with Gasteiger partial charge in [0.1, 0.15) is 5.82 Å². The average molecular weight is 338 g/mol. The average Bonchev–Trinajstić information content (AvgIpc) is 2.89. The fourth-order valence-electron chi connectivity index (χ4n) is 2.48. The summed E-state index contributed by atoms with van der Waals surface area (Å²) in [6.45, 7) is 1.36. The summed E-state index contributed by atoms with van der Waals surface area (Å²) in [5, 5.41) is 9.47. The van der Waals surface area contributed by atoms with Crippen molar-refractivity contribution in [3.63, 3.8) is 0 Å². The van der Waals surface area contributed by atoms with E-state index in [1.165, 1.54) is 25.1 Å². The van der Waals surface area contributed by atoms with Crippen molar-refractivity contribution in [1.82, 2.24) is 5.48 Å². The SMILES string of the molecule is CC(OC1(c2ccccc2F)NOc2c(Cl)cccc21)C(=O)O. The zero-order valence-corrected chi connectivity index (χ0v) is 12.8. The van der Waals surface area contributed by atoms with E-state index in [2.05, 4.69) is 5.48 Å². The third-order valence-electron chi connectivity index (χ3n) is 3.60. The molecule has 0 fully saturated rings. The Morgan fingerprint density at radius 1 is 1.30 bits per heavy atom. The summed E-state index contributed by atoms with van der Waals surface area (Å²) in [7, 11) is 0. The number of nitrogens with one attached hydrogen (secondary N) is 1. The highest BCUT2D eigenvalue weighted by Gasteiger charge is 2.48. The van der Waals surface area contributed by atoms with E-state index in [0.717, 1.165) is 0 Å². The number of rotatable bonds is 4. The summed E-state index contributed by atoms with van der Waals surface area (Å²) in [5.74, 6) is -1.47. The van der Waals surface area contributed by atoms with Crippen LogP contribution in [-0.4, -0.2) is 17.2 Å². The van der Waals surface area contributed by atoms with Crippen LogP contribution in [0.4, 0.5) is 4.39 Å². The van der Waals surface area contributed by atoms with Crippen LogP contribution in [0.1, 0.15) is 18.1 Å². The van der Waals surface area contributed by atoms with Gasteiger partial charge in [-0.1, -0.05) is 41.9 Å². The molecule has 0 saturated carbocycles. The number of hydrogen-bond donors (Lipinski definition) is 2. The van der Waals surface area contributed by atoms with E-state index in [4.69, 9.17) is 26.3 Å². The molecule has 23 heavy (non-hydrogen) atoms. The van der Waals surface area contributed by atoms with E-state index in [-0.39, 0.29) is 11.3 Å². The first-order valence-corrected chi connectivity index (χ1v) is 7.22. The van der Waals surface area contributed by atoms with E-state index in [9.17, 15) is 9.18 Å². The molecule has 3 rings (SSSR count). The van der Waals surface area contributed by atoms with Crippen molar-refractivity contribution in [2.45, 2.75) is 18.8 Å². The summed E-state index contributed by atoms with van der Waals surface area (Å²) in [6, 6.07) is 10.8. The van der Waals surface area contributed by atoms with E-state index in [0.29, 0.717) is 10.6 Å². The molecule has 2 aromatic rings. The lowest BCUT2D eigenvalue weighted by Gasteiger charge is -2.31. The van der Waals surface area contributed by atoms with Crippen molar-refractivity contribution >= 4 is 17.6 Å². The van der Waals surface area contributed by atoms with Crippen LogP contribution >= 0.6 is 11.6 Å². The van der Waals surface area contributed by atoms with Crippen molar-refractivity contribution in [3.8, 4) is 5.75 Å². The lowest BCUT2D eigenvalue weighted by Crippen LogP contribution is -2.46. The van der Waals surface area contributed by atoms with Crippen LogP contribution in [0.15, 0.2) is 42.5 Å². The predicted molar refractivity (Wildman–Crippen MR) is 80.6 cm³/mol. The molecule has 0 radical (unpaired) electrons. The lowest BCUT2D eigenvalue weighted by molar-refractivity contribution is -0.169. The van der Waals surface area contributed by atoms with Gasteiger partial charge in [-0.15, -0.1) is 5.48 Å². The van der Waals surface area contributed by atoms with E-state index < -0.39 is 23.6 Å². The molecular weight excluding hydrogens is 325 g/mol. The molecule has 0 aliphatic carbocycles. The number of carboxylic acid groups (broad SMARTS) is 1. The maximum Gasteiger partial charge on any atom is 0.332 e. The first kappa shape index (κ1) is 15.7. The van der Waals surface area contributed by atoms with Gasteiger partial charge in [0.05, 0.1) is 10.6 Å². The molecule has 2 atom stereocenters. The van der Waals surface area contributed by atoms with Crippen molar-refractivity contribution in [2.75, 3.05) is 0 Å². The molecule has 0 saturated heterocycles. The van der Waals surface area contributed by atoms with Gasteiger partial charge in [-0.3, -0.25) is 0 Å². The molecule has 0 bridgehead atoms. The predicted octanol–water partition coefficient (Wildman–Crippen LogP) is 3.07. The maximum atomic E-state index is 14.4. The largest absolute Gasteiger partial charge is 0.479 e. The Bertz CT molecular complexity index is 769. The summed E-state index contributed by atoms with van der Waals surface area (Å²) in [5.41, 5.74) is 1.51. The fourth-order valence-corrected chi connectivity index (χ4v) is 2.69. The highest BCUT2D eigenvalue weighted by atomic mass is 35.5. The Morgan fingerprint density at radius 3 is 2.70 bits per heavy atom. The molecule has 0 amide bonds. The van der Waals surface area contributed by atoms with Crippen molar-refractivity contribution in [3.05, 3.63) is 64.4 Å². The van der Waals surface area contributed by atoms with Crippen LogP contribution in [-0.2, 0) is 15.3 Å². The first-order valence-electron chi connectivity index (χ1n) is 6.84. The quantitative estimate of drug-likeness (QED) is 0.897. The van der Waals surface area contributed by atoms with Crippen molar-refractivity contribution < 1.29 is 23.9 Å². The van der Waals surface area contributed by atoms with Gasteiger partial charge in [-0.05, 0) is 19.1 Å². The molecule has 1 heterocycles. The topological polar surface area (TPSA) is 67.8 Å².